The number of allylic oxidation sites excluding steroid dienone is 1. The highest BCUT2D eigenvalue weighted by Crippen LogP contribution is 2.31. The molecular formula is C10H11NS. The molecule has 1 aromatic carbocycles. The van der Waals surface area contributed by atoms with Crippen molar-refractivity contribution in [3.63, 3.8) is 0 Å². The first kappa shape index (κ1) is 7.74. The van der Waals surface area contributed by atoms with E-state index in [-0.39, 0.29) is 0 Å². The molecule has 0 saturated carbocycles. The van der Waals surface area contributed by atoms with Crippen LogP contribution in [0.4, 0.5) is 0 Å². The van der Waals surface area contributed by atoms with Crippen molar-refractivity contribution >= 4 is 18.3 Å². The number of rotatable bonds is 1. The second kappa shape index (κ2) is 2.87. The largest absolute Gasteiger partial charge is 0.387 e. The molecule has 0 aromatic heterocycles. The number of fused-ring (bicyclic) bond motifs is 1. The molecule has 12 heavy (non-hydrogen) atoms. The third-order valence-electron chi connectivity index (χ3n) is 2.18. The second-order valence-electron chi connectivity index (χ2n) is 2.91. The maximum atomic E-state index is 4.43. The molecule has 1 aliphatic carbocycles. The van der Waals surface area contributed by atoms with E-state index in [0.717, 1.165) is 11.3 Å². The van der Waals surface area contributed by atoms with Gasteiger partial charge >= 0.3 is 0 Å². The van der Waals surface area contributed by atoms with E-state index in [1.807, 2.05) is 7.05 Å². The maximum Gasteiger partial charge on any atom is 0.0511 e. The molecule has 2 rings (SSSR count). The standard InChI is InChI=1S/C10H11NS/c1-11-10-8-5-3-2-4-7(8)6-9(10)12/h2-5,11-12H,6H2,1H3. The fraction of sp³-hybridized carbons (Fsp3) is 0.200. The fourth-order valence-corrected chi connectivity index (χ4v) is 2.02. The first-order chi connectivity index (χ1) is 5.83. The van der Waals surface area contributed by atoms with Gasteiger partial charge in [-0.2, -0.15) is 0 Å². The van der Waals surface area contributed by atoms with E-state index < -0.39 is 0 Å². The van der Waals surface area contributed by atoms with Crippen molar-refractivity contribution in [2.24, 2.45) is 0 Å². The molecule has 2 heteroatoms. The van der Waals surface area contributed by atoms with Crippen molar-refractivity contribution < 1.29 is 0 Å². The number of nitrogens with one attached hydrogen (secondary N) is 1. The van der Waals surface area contributed by atoms with Gasteiger partial charge in [0.2, 0.25) is 0 Å². The summed E-state index contributed by atoms with van der Waals surface area (Å²) in [6, 6.07) is 8.40. The van der Waals surface area contributed by atoms with Gasteiger partial charge in [0, 0.05) is 23.9 Å². The van der Waals surface area contributed by atoms with Crippen LogP contribution in [-0.4, -0.2) is 7.05 Å². The summed E-state index contributed by atoms with van der Waals surface area (Å²) in [6.07, 6.45) is 0.968. The monoisotopic (exact) mass is 177 g/mol. The molecule has 0 unspecified atom stereocenters. The minimum atomic E-state index is 0.968. The van der Waals surface area contributed by atoms with E-state index in [2.05, 4.69) is 42.2 Å². The minimum absolute atomic E-state index is 0.968. The van der Waals surface area contributed by atoms with Crippen LogP contribution in [0.5, 0.6) is 0 Å². The van der Waals surface area contributed by atoms with Crippen LogP contribution in [0.3, 0.4) is 0 Å². The zero-order valence-electron chi connectivity index (χ0n) is 6.96. The lowest BCUT2D eigenvalue weighted by Crippen LogP contribution is -2.03. The Morgan fingerprint density at radius 1 is 1.33 bits per heavy atom. The van der Waals surface area contributed by atoms with Gasteiger partial charge in [-0.15, -0.1) is 12.6 Å². The van der Waals surface area contributed by atoms with Crippen LogP contribution >= 0.6 is 12.6 Å². The highest BCUT2D eigenvalue weighted by Gasteiger charge is 2.16. The topological polar surface area (TPSA) is 12.0 Å². The highest BCUT2D eigenvalue weighted by atomic mass is 32.1. The molecule has 1 nitrogen and oxygen atoms in total. The van der Waals surface area contributed by atoms with Gasteiger partial charge < -0.3 is 5.32 Å². The fourth-order valence-electron chi connectivity index (χ4n) is 1.62. The molecule has 0 fully saturated rings. The normalized spacial score (nSPS) is 14.8. The van der Waals surface area contributed by atoms with Crippen molar-refractivity contribution in [1.29, 1.82) is 0 Å². The predicted molar refractivity (Wildman–Crippen MR) is 55.1 cm³/mol. The Labute approximate surface area is 77.9 Å². The van der Waals surface area contributed by atoms with E-state index in [1.54, 1.807) is 0 Å². The van der Waals surface area contributed by atoms with Crippen molar-refractivity contribution in [2.45, 2.75) is 6.42 Å². The molecule has 0 radical (unpaired) electrons. The lowest BCUT2D eigenvalue weighted by atomic mass is 10.1. The lowest BCUT2D eigenvalue weighted by Gasteiger charge is -2.03. The molecule has 0 atom stereocenters. The molecule has 1 aliphatic rings. The average molecular weight is 177 g/mol. The molecule has 0 aliphatic heterocycles. The van der Waals surface area contributed by atoms with Gasteiger partial charge in [-0.1, -0.05) is 24.3 Å². The summed E-state index contributed by atoms with van der Waals surface area (Å²) < 4.78 is 0. The van der Waals surface area contributed by atoms with Gasteiger partial charge in [0.05, 0.1) is 5.70 Å². The molecule has 0 amide bonds. The van der Waals surface area contributed by atoms with E-state index in [9.17, 15) is 0 Å². The Kier molecular flexibility index (Phi) is 1.85. The first-order valence-electron chi connectivity index (χ1n) is 4.01. The molecular weight excluding hydrogens is 166 g/mol. The maximum absolute atomic E-state index is 4.43. The van der Waals surface area contributed by atoms with E-state index in [0.29, 0.717) is 0 Å². The Bertz CT molecular complexity index is 341. The van der Waals surface area contributed by atoms with Crippen LogP contribution in [0, 0.1) is 0 Å². The Balaban J connectivity index is 2.53. The number of benzene rings is 1. The van der Waals surface area contributed by atoms with Gasteiger partial charge in [-0.05, 0) is 5.56 Å². The summed E-state index contributed by atoms with van der Waals surface area (Å²) in [5.74, 6) is 0. The molecule has 1 N–H and O–H groups in total. The number of hydrogen-bond donors (Lipinski definition) is 2. The van der Waals surface area contributed by atoms with E-state index >= 15 is 0 Å². The SMILES string of the molecule is CNC1=C(S)Cc2ccccc21. The zero-order chi connectivity index (χ0) is 8.55. The van der Waals surface area contributed by atoms with Gasteiger partial charge in [-0.25, -0.2) is 0 Å². The Hall–Kier alpha value is -0.890. The molecule has 0 bridgehead atoms. The van der Waals surface area contributed by atoms with Crippen LogP contribution in [0.1, 0.15) is 11.1 Å². The van der Waals surface area contributed by atoms with Crippen molar-refractivity contribution in [3.05, 3.63) is 40.3 Å². The van der Waals surface area contributed by atoms with Crippen LogP contribution in [-0.2, 0) is 6.42 Å². The summed E-state index contributed by atoms with van der Waals surface area (Å²) in [6.45, 7) is 0. The predicted octanol–water partition coefficient (Wildman–Crippen LogP) is 2.06. The quantitative estimate of drug-likeness (QED) is 0.626. The van der Waals surface area contributed by atoms with Crippen molar-refractivity contribution in [3.8, 4) is 0 Å². The van der Waals surface area contributed by atoms with Crippen LogP contribution in [0.15, 0.2) is 29.2 Å². The number of thiol groups is 1. The molecule has 0 heterocycles. The van der Waals surface area contributed by atoms with Crippen LogP contribution in [0.2, 0.25) is 0 Å². The van der Waals surface area contributed by atoms with E-state index in [1.165, 1.54) is 16.8 Å². The average Bonchev–Trinajstić information content (AvgIpc) is 2.40. The summed E-state index contributed by atoms with van der Waals surface area (Å²) in [5.41, 5.74) is 3.84. The van der Waals surface area contributed by atoms with Gasteiger partial charge in [0.1, 0.15) is 0 Å². The smallest absolute Gasteiger partial charge is 0.0511 e. The summed E-state index contributed by atoms with van der Waals surface area (Å²) in [4.78, 5) is 1.14. The summed E-state index contributed by atoms with van der Waals surface area (Å²) >= 11 is 4.43. The van der Waals surface area contributed by atoms with Gasteiger partial charge in [0.15, 0.2) is 0 Å². The third kappa shape index (κ3) is 1.03. The number of hydrogen-bond acceptors (Lipinski definition) is 2. The minimum Gasteiger partial charge on any atom is -0.387 e. The second-order valence-corrected chi connectivity index (χ2v) is 3.45. The Morgan fingerprint density at radius 2 is 2.08 bits per heavy atom. The molecule has 1 aromatic rings. The Morgan fingerprint density at radius 3 is 2.83 bits per heavy atom. The first-order valence-corrected chi connectivity index (χ1v) is 4.46. The van der Waals surface area contributed by atoms with Crippen molar-refractivity contribution in [1.82, 2.24) is 5.32 Å². The molecule has 0 saturated heterocycles. The lowest BCUT2D eigenvalue weighted by molar-refractivity contribution is 1.13. The van der Waals surface area contributed by atoms with Crippen LogP contribution < -0.4 is 5.32 Å². The van der Waals surface area contributed by atoms with Crippen molar-refractivity contribution in [2.75, 3.05) is 7.05 Å². The van der Waals surface area contributed by atoms with Gasteiger partial charge in [-0.3, -0.25) is 0 Å². The van der Waals surface area contributed by atoms with E-state index in [4.69, 9.17) is 0 Å². The van der Waals surface area contributed by atoms with Crippen LogP contribution in [0.25, 0.3) is 5.70 Å². The highest BCUT2D eigenvalue weighted by molar-refractivity contribution is 7.84. The van der Waals surface area contributed by atoms with Gasteiger partial charge in [0.25, 0.3) is 0 Å². The molecule has 62 valence electrons. The third-order valence-corrected chi connectivity index (χ3v) is 2.56. The summed E-state index contributed by atoms with van der Waals surface area (Å²) in [7, 11) is 1.94. The summed E-state index contributed by atoms with van der Waals surface area (Å²) in [5, 5.41) is 3.17. The molecule has 0 spiro atoms. The zero-order valence-corrected chi connectivity index (χ0v) is 7.86.